The standard InChI is InChI=1S/C20H31N3O3/c1-13-7-8-14(2)18(9-13)21-19(24)12-22(6)17(5)20(25)23-10-15(3)26-16(4)11-23/h7-9,15-17H,10-12H2,1-6H3,(H,21,24)/t15-,16-,17+/m0/s1. The van der Waals surface area contributed by atoms with Crippen LogP contribution in [0.2, 0.25) is 0 Å². The van der Waals surface area contributed by atoms with Gasteiger partial charge in [0.2, 0.25) is 11.8 Å². The number of amides is 2. The lowest BCUT2D eigenvalue weighted by Crippen LogP contribution is -2.54. The third-order valence-corrected chi connectivity index (χ3v) is 4.81. The second kappa shape index (κ2) is 8.64. The molecule has 0 radical (unpaired) electrons. The Balaban J connectivity index is 1.93. The van der Waals surface area contributed by atoms with Gasteiger partial charge in [0, 0.05) is 18.8 Å². The molecule has 6 nitrogen and oxygen atoms in total. The molecule has 2 amide bonds. The molecule has 1 aliphatic rings. The van der Waals surface area contributed by atoms with E-state index in [1.165, 1.54) is 0 Å². The van der Waals surface area contributed by atoms with Crippen molar-refractivity contribution in [3.8, 4) is 0 Å². The van der Waals surface area contributed by atoms with Crippen molar-refractivity contribution in [1.82, 2.24) is 9.80 Å². The van der Waals surface area contributed by atoms with Gasteiger partial charge in [0.1, 0.15) is 0 Å². The van der Waals surface area contributed by atoms with Crippen LogP contribution in [0.25, 0.3) is 0 Å². The van der Waals surface area contributed by atoms with Gasteiger partial charge in [-0.05, 0) is 58.9 Å². The molecule has 3 atom stereocenters. The van der Waals surface area contributed by atoms with E-state index in [1.807, 2.05) is 57.7 Å². The highest BCUT2D eigenvalue weighted by atomic mass is 16.5. The van der Waals surface area contributed by atoms with Gasteiger partial charge < -0.3 is 15.0 Å². The van der Waals surface area contributed by atoms with Gasteiger partial charge in [0.15, 0.2) is 0 Å². The van der Waals surface area contributed by atoms with E-state index in [0.717, 1.165) is 16.8 Å². The molecule has 0 spiro atoms. The number of hydrogen-bond donors (Lipinski definition) is 1. The molecule has 0 aliphatic carbocycles. The molecule has 0 saturated carbocycles. The average molecular weight is 361 g/mol. The molecule has 1 saturated heterocycles. The maximum absolute atomic E-state index is 12.8. The summed E-state index contributed by atoms with van der Waals surface area (Å²) < 4.78 is 5.69. The van der Waals surface area contributed by atoms with Crippen LogP contribution < -0.4 is 5.32 Å². The zero-order valence-corrected chi connectivity index (χ0v) is 16.7. The zero-order chi connectivity index (χ0) is 19.4. The summed E-state index contributed by atoms with van der Waals surface area (Å²) in [5.41, 5.74) is 2.93. The summed E-state index contributed by atoms with van der Waals surface area (Å²) in [6.07, 6.45) is 0.0700. The minimum atomic E-state index is -0.364. The van der Waals surface area contributed by atoms with Crippen LogP contribution in [-0.2, 0) is 14.3 Å². The molecule has 1 heterocycles. The van der Waals surface area contributed by atoms with Crippen molar-refractivity contribution in [1.29, 1.82) is 0 Å². The zero-order valence-electron chi connectivity index (χ0n) is 16.7. The van der Waals surface area contributed by atoms with Gasteiger partial charge >= 0.3 is 0 Å². The number of nitrogens with one attached hydrogen (secondary N) is 1. The Morgan fingerprint density at radius 1 is 1.27 bits per heavy atom. The van der Waals surface area contributed by atoms with Crippen LogP contribution in [0, 0.1) is 13.8 Å². The first kappa shape index (κ1) is 20.4. The first-order valence-electron chi connectivity index (χ1n) is 9.19. The Morgan fingerprint density at radius 2 is 1.88 bits per heavy atom. The van der Waals surface area contributed by atoms with Crippen molar-refractivity contribution >= 4 is 17.5 Å². The topological polar surface area (TPSA) is 61.9 Å². The average Bonchev–Trinajstić information content (AvgIpc) is 2.55. The molecule has 1 fully saturated rings. The molecule has 0 aromatic heterocycles. The highest BCUT2D eigenvalue weighted by Crippen LogP contribution is 2.17. The van der Waals surface area contributed by atoms with Crippen molar-refractivity contribution < 1.29 is 14.3 Å². The van der Waals surface area contributed by atoms with Crippen LogP contribution in [0.15, 0.2) is 18.2 Å². The third kappa shape index (κ3) is 5.29. The number of anilines is 1. The van der Waals surface area contributed by atoms with E-state index in [0.29, 0.717) is 13.1 Å². The van der Waals surface area contributed by atoms with Crippen LogP contribution in [-0.4, -0.2) is 66.5 Å². The molecule has 1 aromatic carbocycles. The van der Waals surface area contributed by atoms with E-state index in [-0.39, 0.29) is 36.6 Å². The number of ether oxygens (including phenoxy) is 1. The van der Waals surface area contributed by atoms with Gasteiger partial charge in [-0.2, -0.15) is 0 Å². The fraction of sp³-hybridized carbons (Fsp3) is 0.600. The lowest BCUT2D eigenvalue weighted by Gasteiger charge is -2.38. The Kier molecular flexibility index (Phi) is 6.78. The molecule has 0 unspecified atom stereocenters. The van der Waals surface area contributed by atoms with E-state index in [9.17, 15) is 9.59 Å². The van der Waals surface area contributed by atoms with Gasteiger partial charge in [-0.3, -0.25) is 14.5 Å². The fourth-order valence-electron chi connectivity index (χ4n) is 3.23. The normalized spacial score (nSPS) is 21.6. The van der Waals surface area contributed by atoms with Crippen molar-refractivity contribution in [2.24, 2.45) is 0 Å². The molecular formula is C20H31N3O3. The summed E-state index contributed by atoms with van der Waals surface area (Å²) >= 11 is 0. The number of morpholine rings is 1. The maximum Gasteiger partial charge on any atom is 0.239 e. The number of nitrogens with zero attached hydrogens (tertiary/aromatic N) is 2. The van der Waals surface area contributed by atoms with Crippen molar-refractivity contribution in [2.45, 2.75) is 52.9 Å². The van der Waals surface area contributed by atoms with Gasteiger partial charge in [0.05, 0.1) is 24.8 Å². The molecule has 2 rings (SSSR count). The minimum Gasteiger partial charge on any atom is -0.372 e. The third-order valence-electron chi connectivity index (χ3n) is 4.81. The Bertz CT molecular complexity index is 652. The van der Waals surface area contributed by atoms with E-state index in [1.54, 1.807) is 11.9 Å². The number of benzene rings is 1. The van der Waals surface area contributed by atoms with E-state index >= 15 is 0 Å². The number of likely N-dealkylation sites (N-methyl/N-ethyl adjacent to an activating group) is 1. The molecule has 144 valence electrons. The predicted octanol–water partition coefficient (Wildman–Crippen LogP) is 2.20. The highest BCUT2D eigenvalue weighted by molar-refractivity contribution is 5.93. The highest BCUT2D eigenvalue weighted by Gasteiger charge is 2.30. The second-order valence-electron chi connectivity index (χ2n) is 7.46. The summed E-state index contributed by atoms with van der Waals surface area (Å²) in [5, 5.41) is 2.94. The summed E-state index contributed by atoms with van der Waals surface area (Å²) in [7, 11) is 1.80. The van der Waals surface area contributed by atoms with Gasteiger partial charge in [0.25, 0.3) is 0 Å². The van der Waals surface area contributed by atoms with Crippen LogP contribution in [0.5, 0.6) is 0 Å². The summed E-state index contributed by atoms with van der Waals surface area (Å²) in [5.74, 6) is -0.0846. The van der Waals surface area contributed by atoms with Crippen molar-refractivity contribution in [3.63, 3.8) is 0 Å². The monoisotopic (exact) mass is 361 g/mol. The number of rotatable bonds is 5. The second-order valence-corrected chi connectivity index (χ2v) is 7.46. The Hall–Kier alpha value is -1.92. The smallest absolute Gasteiger partial charge is 0.239 e. The summed E-state index contributed by atoms with van der Waals surface area (Å²) in [4.78, 5) is 28.8. The van der Waals surface area contributed by atoms with Crippen molar-refractivity contribution in [2.75, 3.05) is 32.0 Å². The predicted molar refractivity (Wildman–Crippen MR) is 103 cm³/mol. The first-order valence-corrected chi connectivity index (χ1v) is 9.19. The fourth-order valence-corrected chi connectivity index (χ4v) is 3.23. The Morgan fingerprint density at radius 3 is 2.50 bits per heavy atom. The number of hydrogen-bond acceptors (Lipinski definition) is 4. The van der Waals surface area contributed by atoms with Crippen LogP contribution in [0.1, 0.15) is 31.9 Å². The number of carbonyl (C=O) groups excluding carboxylic acids is 2. The van der Waals surface area contributed by atoms with E-state index in [2.05, 4.69) is 5.32 Å². The lowest BCUT2D eigenvalue weighted by molar-refractivity contribution is -0.148. The molecule has 26 heavy (non-hydrogen) atoms. The largest absolute Gasteiger partial charge is 0.372 e. The molecule has 1 N–H and O–H groups in total. The van der Waals surface area contributed by atoms with Crippen LogP contribution in [0.3, 0.4) is 0 Å². The summed E-state index contributed by atoms with van der Waals surface area (Å²) in [6, 6.07) is 5.60. The molecule has 1 aliphatic heterocycles. The summed E-state index contributed by atoms with van der Waals surface area (Å²) in [6.45, 7) is 11.1. The van der Waals surface area contributed by atoms with Gasteiger partial charge in [-0.15, -0.1) is 0 Å². The number of carbonyl (C=O) groups is 2. The minimum absolute atomic E-state index is 0.0350. The van der Waals surface area contributed by atoms with Crippen LogP contribution in [0.4, 0.5) is 5.69 Å². The van der Waals surface area contributed by atoms with Gasteiger partial charge in [-0.25, -0.2) is 0 Å². The van der Waals surface area contributed by atoms with Gasteiger partial charge in [-0.1, -0.05) is 12.1 Å². The maximum atomic E-state index is 12.8. The SMILES string of the molecule is Cc1ccc(C)c(NC(=O)CN(C)[C@H](C)C(=O)N2C[C@H](C)O[C@@H](C)C2)c1. The number of aryl methyl sites for hydroxylation is 2. The quantitative estimate of drug-likeness (QED) is 0.873. The molecule has 0 bridgehead atoms. The Labute approximate surface area is 156 Å². The lowest BCUT2D eigenvalue weighted by atomic mass is 10.1. The van der Waals surface area contributed by atoms with Crippen molar-refractivity contribution in [3.05, 3.63) is 29.3 Å². The van der Waals surface area contributed by atoms with E-state index in [4.69, 9.17) is 4.74 Å². The van der Waals surface area contributed by atoms with E-state index < -0.39 is 0 Å². The molecular weight excluding hydrogens is 330 g/mol. The first-order chi connectivity index (χ1) is 12.2. The van der Waals surface area contributed by atoms with Crippen LogP contribution >= 0.6 is 0 Å². The molecule has 6 heteroatoms. The molecule has 1 aromatic rings.